The topological polar surface area (TPSA) is 22.1 Å². The van der Waals surface area contributed by atoms with Gasteiger partial charge in [0.2, 0.25) is 0 Å². The second-order valence-electron chi connectivity index (χ2n) is 8.02. The molecule has 2 atom stereocenters. The lowest BCUT2D eigenvalue weighted by Crippen LogP contribution is -2.03. The van der Waals surface area contributed by atoms with Crippen molar-refractivity contribution in [3.05, 3.63) is 59.9 Å². The molecule has 154 valence electrons. The predicted octanol–water partition coefficient (Wildman–Crippen LogP) is 7.90. The predicted molar refractivity (Wildman–Crippen MR) is 120 cm³/mol. The summed E-state index contributed by atoms with van der Waals surface area (Å²) in [5.74, 6) is 2.12. The number of rotatable bonds is 14. The lowest BCUT2D eigenvalue weighted by Gasteiger charge is -2.18. The summed E-state index contributed by atoms with van der Waals surface area (Å²) in [6, 6.07) is 15.0. The van der Waals surface area contributed by atoms with Crippen molar-refractivity contribution in [1.82, 2.24) is 4.98 Å². The summed E-state index contributed by atoms with van der Waals surface area (Å²) in [4.78, 5) is 4.55. The summed E-state index contributed by atoms with van der Waals surface area (Å²) in [5, 5.41) is 0. The van der Waals surface area contributed by atoms with Crippen molar-refractivity contribution < 1.29 is 4.74 Å². The first-order valence-electron chi connectivity index (χ1n) is 11.4. The fraction of sp³-hybridized carbons (Fsp3) is 0.577. The van der Waals surface area contributed by atoms with E-state index in [0.717, 1.165) is 25.2 Å². The Labute approximate surface area is 172 Å². The van der Waals surface area contributed by atoms with Gasteiger partial charge >= 0.3 is 0 Å². The van der Waals surface area contributed by atoms with Crippen LogP contribution in [0, 0.1) is 0 Å². The highest BCUT2D eigenvalue weighted by molar-refractivity contribution is 5.29. The van der Waals surface area contributed by atoms with Crippen LogP contribution in [-0.2, 0) is 0 Å². The van der Waals surface area contributed by atoms with Crippen LogP contribution in [0.3, 0.4) is 0 Å². The minimum atomic E-state index is 0.559. The van der Waals surface area contributed by atoms with E-state index < -0.39 is 0 Å². The zero-order valence-electron chi connectivity index (χ0n) is 18.2. The zero-order valence-corrected chi connectivity index (χ0v) is 18.2. The van der Waals surface area contributed by atoms with Crippen LogP contribution in [0.5, 0.6) is 5.75 Å². The summed E-state index contributed by atoms with van der Waals surface area (Å²) in [6.07, 6.45) is 13.2. The second-order valence-corrected chi connectivity index (χ2v) is 8.02. The van der Waals surface area contributed by atoms with E-state index in [4.69, 9.17) is 4.74 Å². The molecule has 28 heavy (non-hydrogen) atoms. The fourth-order valence-electron chi connectivity index (χ4n) is 3.76. The quantitative estimate of drug-likeness (QED) is 0.310. The van der Waals surface area contributed by atoms with E-state index in [2.05, 4.69) is 62.2 Å². The van der Waals surface area contributed by atoms with E-state index in [9.17, 15) is 0 Å². The Kier molecular flexibility index (Phi) is 10.7. The van der Waals surface area contributed by atoms with Crippen LogP contribution in [0.1, 0.15) is 102 Å². The van der Waals surface area contributed by atoms with Crippen LogP contribution in [0.25, 0.3) is 0 Å². The molecule has 1 aromatic heterocycles. The standard InChI is InChI=1S/C26H39NO/c1-4-6-7-8-9-12-21-28-25-18-16-24(17-19-25)22(3)14-15-23(5-2)26-13-10-11-20-27-26/h10-11,13,16-20,22-23H,4-9,12,14-15,21H2,1-3H3. The molecule has 0 radical (unpaired) electrons. The number of benzene rings is 1. The molecule has 2 aromatic rings. The van der Waals surface area contributed by atoms with E-state index in [1.165, 1.54) is 56.2 Å². The van der Waals surface area contributed by atoms with E-state index in [-0.39, 0.29) is 0 Å². The first kappa shape index (κ1) is 22.5. The highest BCUT2D eigenvalue weighted by Crippen LogP contribution is 2.29. The van der Waals surface area contributed by atoms with Gasteiger partial charge in [-0.05, 0) is 61.4 Å². The normalized spacial score (nSPS) is 13.2. The fourth-order valence-corrected chi connectivity index (χ4v) is 3.76. The molecule has 0 spiro atoms. The van der Waals surface area contributed by atoms with E-state index >= 15 is 0 Å². The molecule has 0 N–H and O–H groups in total. The van der Waals surface area contributed by atoms with Crippen LogP contribution >= 0.6 is 0 Å². The summed E-state index contributed by atoms with van der Waals surface area (Å²) in [7, 11) is 0. The number of unbranched alkanes of at least 4 members (excludes halogenated alkanes) is 5. The van der Waals surface area contributed by atoms with E-state index in [0.29, 0.717) is 11.8 Å². The summed E-state index contributed by atoms with van der Waals surface area (Å²) in [6.45, 7) is 7.69. The van der Waals surface area contributed by atoms with Crippen LogP contribution in [0.4, 0.5) is 0 Å². The Balaban J connectivity index is 1.71. The second kappa shape index (κ2) is 13.4. The number of hydrogen-bond donors (Lipinski definition) is 0. The third-order valence-corrected chi connectivity index (χ3v) is 5.76. The molecule has 2 heteroatoms. The molecule has 0 saturated heterocycles. The van der Waals surface area contributed by atoms with Crippen LogP contribution in [-0.4, -0.2) is 11.6 Å². The molecular weight excluding hydrogens is 342 g/mol. The summed E-state index contributed by atoms with van der Waals surface area (Å²) >= 11 is 0. The molecule has 0 aliphatic rings. The average molecular weight is 382 g/mol. The van der Waals surface area contributed by atoms with Crippen molar-refractivity contribution >= 4 is 0 Å². The van der Waals surface area contributed by atoms with Gasteiger partial charge in [0.05, 0.1) is 6.61 Å². The van der Waals surface area contributed by atoms with Crippen molar-refractivity contribution in [3.8, 4) is 5.75 Å². The van der Waals surface area contributed by atoms with Gasteiger partial charge in [-0.1, -0.05) is 71.1 Å². The van der Waals surface area contributed by atoms with Gasteiger partial charge in [0.15, 0.2) is 0 Å². The maximum Gasteiger partial charge on any atom is 0.119 e. The zero-order chi connectivity index (χ0) is 20.0. The smallest absolute Gasteiger partial charge is 0.119 e. The lowest BCUT2D eigenvalue weighted by atomic mass is 9.89. The van der Waals surface area contributed by atoms with Gasteiger partial charge in [-0.25, -0.2) is 0 Å². The largest absolute Gasteiger partial charge is 0.494 e. The minimum Gasteiger partial charge on any atom is -0.494 e. The molecule has 0 fully saturated rings. The van der Waals surface area contributed by atoms with Crippen molar-refractivity contribution in [2.45, 2.75) is 90.4 Å². The van der Waals surface area contributed by atoms with Crippen LogP contribution in [0.15, 0.2) is 48.7 Å². The van der Waals surface area contributed by atoms with Crippen molar-refractivity contribution in [2.75, 3.05) is 6.61 Å². The summed E-state index contributed by atoms with van der Waals surface area (Å²) < 4.78 is 5.91. The highest BCUT2D eigenvalue weighted by Gasteiger charge is 2.13. The van der Waals surface area contributed by atoms with Crippen molar-refractivity contribution in [3.63, 3.8) is 0 Å². The van der Waals surface area contributed by atoms with Crippen molar-refractivity contribution in [1.29, 1.82) is 0 Å². The Morgan fingerprint density at radius 1 is 0.857 bits per heavy atom. The third-order valence-electron chi connectivity index (χ3n) is 5.76. The van der Waals surface area contributed by atoms with Gasteiger partial charge in [0.1, 0.15) is 5.75 Å². The molecule has 2 nitrogen and oxygen atoms in total. The first-order valence-corrected chi connectivity index (χ1v) is 11.4. The molecule has 0 aliphatic carbocycles. The Bertz CT molecular complexity index is 623. The molecule has 1 heterocycles. The molecule has 2 unspecified atom stereocenters. The van der Waals surface area contributed by atoms with Crippen LogP contribution < -0.4 is 4.74 Å². The molecule has 0 aliphatic heterocycles. The molecule has 0 saturated carbocycles. The monoisotopic (exact) mass is 381 g/mol. The minimum absolute atomic E-state index is 0.559. The number of ether oxygens (including phenoxy) is 1. The lowest BCUT2D eigenvalue weighted by molar-refractivity contribution is 0.304. The third kappa shape index (κ3) is 8.04. The van der Waals surface area contributed by atoms with Gasteiger partial charge in [-0.2, -0.15) is 0 Å². The Hall–Kier alpha value is -1.83. The van der Waals surface area contributed by atoms with Crippen molar-refractivity contribution in [2.24, 2.45) is 0 Å². The van der Waals surface area contributed by atoms with E-state index in [1.54, 1.807) is 0 Å². The SMILES string of the molecule is CCCCCCCCOc1ccc(C(C)CCC(CC)c2ccccn2)cc1. The molecule has 0 bridgehead atoms. The maximum absolute atomic E-state index is 5.91. The average Bonchev–Trinajstić information content (AvgIpc) is 2.74. The van der Waals surface area contributed by atoms with Gasteiger partial charge in [0, 0.05) is 17.8 Å². The number of pyridine rings is 1. The van der Waals surface area contributed by atoms with E-state index in [1.807, 2.05) is 12.3 Å². The molecule has 0 amide bonds. The summed E-state index contributed by atoms with van der Waals surface area (Å²) in [5.41, 5.74) is 2.64. The number of nitrogens with zero attached hydrogens (tertiary/aromatic N) is 1. The molecular formula is C26H39NO. The van der Waals surface area contributed by atoms with Gasteiger partial charge < -0.3 is 4.74 Å². The Morgan fingerprint density at radius 3 is 2.29 bits per heavy atom. The van der Waals surface area contributed by atoms with Gasteiger partial charge in [-0.15, -0.1) is 0 Å². The van der Waals surface area contributed by atoms with Crippen LogP contribution in [0.2, 0.25) is 0 Å². The molecule has 1 aromatic carbocycles. The Morgan fingerprint density at radius 2 is 1.61 bits per heavy atom. The first-order chi connectivity index (χ1) is 13.7. The highest BCUT2D eigenvalue weighted by atomic mass is 16.5. The molecule has 2 rings (SSSR count). The number of hydrogen-bond acceptors (Lipinski definition) is 2. The van der Waals surface area contributed by atoms with Gasteiger partial charge in [0.25, 0.3) is 0 Å². The van der Waals surface area contributed by atoms with Gasteiger partial charge in [-0.3, -0.25) is 4.98 Å². The number of aromatic nitrogens is 1. The maximum atomic E-state index is 5.91.